The van der Waals surface area contributed by atoms with Crippen LogP contribution in [0.3, 0.4) is 0 Å². The maximum Gasteiger partial charge on any atom is 0.416 e. The highest BCUT2D eigenvalue weighted by molar-refractivity contribution is 6.30. The SMILES string of the molecule is FC(F)(F)c1cc(Cl)cc(-n2cc(CCCCl)nn2)c1. The van der Waals surface area contributed by atoms with E-state index >= 15 is 0 Å². The molecular formula is C12H10Cl2F3N3. The topological polar surface area (TPSA) is 30.7 Å². The summed E-state index contributed by atoms with van der Waals surface area (Å²) < 4.78 is 39.4. The molecule has 0 saturated carbocycles. The molecule has 2 aromatic rings. The van der Waals surface area contributed by atoms with Crippen LogP contribution in [0.15, 0.2) is 24.4 Å². The largest absolute Gasteiger partial charge is 0.416 e. The minimum Gasteiger partial charge on any atom is -0.220 e. The van der Waals surface area contributed by atoms with Gasteiger partial charge in [0.1, 0.15) is 0 Å². The van der Waals surface area contributed by atoms with Crippen LogP contribution in [0.5, 0.6) is 0 Å². The summed E-state index contributed by atoms with van der Waals surface area (Å²) >= 11 is 11.3. The average Bonchev–Trinajstić information content (AvgIpc) is 2.83. The summed E-state index contributed by atoms with van der Waals surface area (Å²) in [6, 6.07) is 3.25. The van der Waals surface area contributed by atoms with E-state index in [9.17, 15) is 13.2 Å². The minimum atomic E-state index is -4.46. The summed E-state index contributed by atoms with van der Waals surface area (Å²) in [4.78, 5) is 0. The van der Waals surface area contributed by atoms with Gasteiger partial charge >= 0.3 is 6.18 Å². The fourth-order valence-corrected chi connectivity index (χ4v) is 2.02. The zero-order valence-electron chi connectivity index (χ0n) is 10.2. The lowest BCUT2D eigenvalue weighted by Gasteiger charge is -2.09. The van der Waals surface area contributed by atoms with Crippen molar-refractivity contribution < 1.29 is 13.2 Å². The van der Waals surface area contributed by atoms with Crippen LogP contribution in [0, 0.1) is 0 Å². The number of hydrogen-bond acceptors (Lipinski definition) is 2. The van der Waals surface area contributed by atoms with Crippen molar-refractivity contribution in [2.45, 2.75) is 19.0 Å². The molecule has 0 atom stereocenters. The highest BCUT2D eigenvalue weighted by Crippen LogP contribution is 2.32. The minimum absolute atomic E-state index is 0.00682. The van der Waals surface area contributed by atoms with Crippen LogP contribution in [-0.4, -0.2) is 20.9 Å². The first-order valence-corrected chi connectivity index (χ1v) is 6.67. The fourth-order valence-electron chi connectivity index (χ4n) is 1.66. The molecule has 1 aromatic heterocycles. The van der Waals surface area contributed by atoms with Crippen molar-refractivity contribution in [2.24, 2.45) is 0 Å². The van der Waals surface area contributed by atoms with Crippen molar-refractivity contribution >= 4 is 23.2 Å². The van der Waals surface area contributed by atoms with Crippen molar-refractivity contribution in [3.05, 3.63) is 40.7 Å². The Morgan fingerprint density at radius 1 is 1.20 bits per heavy atom. The quantitative estimate of drug-likeness (QED) is 0.793. The Balaban J connectivity index is 2.32. The highest BCUT2D eigenvalue weighted by Gasteiger charge is 2.31. The van der Waals surface area contributed by atoms with Crippen LogP contribution in [-0.2, 0) is 12.6 Å². The van der Waals surface area contributed by atoms with Gasteiger partial charge < -0.3 is 0 Å². The number of aromatic nitrogens is 3. The van der Waals surface area contributed by atoms with E-state index in [-0.39, 0.29) is 10.7 Å². The number of benzene rings is 1. The molecule has 0 N–H and O–H groups in total. The highest BCUT2D eigenvalue weighted by atomic mass is 35.5. The van der Waals surface area contributed by atoms with Crippen molar-refractivity contribution in [3.8, 4) is 5.69 Å². The number of rotatable bonds is 4. The molecule has 0 aliphatic carbocycles. The summed E-state index contributed by atoms with van der Waals surface area (Å²) in [5.41, 5.74) is 0.0615. The maximum atomic E-state index is 12.7. The number of nitrogens with zero attached hydrogens (tertiary/aromatic N) is 3. The Morgan fingerprint density at radius 3 is 2.60 bits per heavy atom. The van der Waals surface area contributed by atoms with Crippen molar-refractivity contribution in [1.29, 1.82) is 0 Å². The van der Waals surface area contributed by atoms with Crippen LogP contribution in [0.1, 0.15) is 17.7 Å². The lowest BCUT2D eigenvalue weighted by atomic mass is 10.2. The molecule has 1 aromatic carbocycles. The fraction of sp³-hybridized carbons (Fsp3) is 0.333. The summed E-state index contributed by atoms with van der Waals surface area (Å²) in [7, 11) is 0. The number of halogens is 5. The number of alkyl halides is 4. The van der Waals surface area contributed by atoms with Gasteiger partial charge in [0.25, 0.3) is 0 Å². The first-order chi connectivity index (χ1) is 9.40. The van der Waals surface area contributed by atoms with Crippen molar-refractivity contribution in [1.82, 2.24) is 15.0 Å². The molecule has 0 aliphatic heterocycles. The Labute approximate surface area is 123 Å². The van der Waals surface area contributed by atoms with Gasteiger partial charge in [-0.1, -0.05) is 16.8 Å². The van der Waals surface area contributed by atoms with E-state index < -0.39 is 11.7 Å². The molecule has 0 fully saturated rings. The van der Waals surface area contributed by atoms with Gasteiger partial charge in [0.05, 0.1) is 23.1 Å². The first kappa shape index (κ1) is 15.1. The third kappa shape index (κ3) is 3.64. The number of hydrogen-bond donors (Lipinski definition) is 0. The second-order valence-corrected chi connectivity index (χ2v) is 4.96. The molecule has 0 amide bonds. The molecule has 108 valence electrons. The lowest BCUT2D eigenvalue weighted by Crippen LogP contribution is -2.06. The second kappa shape index (κ2) is 6.01. The molecule has 1 heterocycles. The molecule has 0 spiro atoms. The standard InChI is InChI=1S/C12H10Cl2F3N3/c13-3-1-2-10-7-20(19-18-10)11-5-8(12(15,16)17)4-9(14)6-11/h4-7H,1-3H2. The molecule has 20 heavy (non-hydrogen) atoms. The molecule has 8 heteroatoms. The van der Waals surface area contributed by atoms with E-state index in [1.165, 1.54) is 10.7 Å². The first-order valence-electron chi connectivity index (χ1n) is 5.75. The van der Waals surface area contributed by atoms with Gasteiger partial charge in [0.15, 0.2) is 0 Å². The van der Waals surface area contributed by atoms with Crippen molar-refractivity contribution in [3.63, 3.8) is 0 Å². The third-order valence-corrected chi connectivity index (χ3v) is 3.07. The van der Waals surface area contributed by atoms with Gasteiger partial charge in [-0.25, -0.2) is 4.68 Å². The molecule has 0 saturated heterocycles. The molecular weight excluding hydrogens is 314 g/mol. The van der Waals surface area contributed by atoms with Gasteiger partial charge in [-0.15, -0.1) is 16.7 Å². The summed E-state index contributed by atoms with van der Waals surface area (Å²) in [6.07, 6.45) is -1.54. The molecule has 3 nitrogen and oxygen atoms in total. The third-order valence-electron chi connectivity index (χ3n) is 2.58. The van der Waals surface area contributed by atoms with Crippen LogP contribution in [0.2, 0.25) is 5.02 Å². The molecule has 2 rings (SSSR count). The predicted molar refractivity (Wildman–Crippen MR) is 70.4 cm³/mol. The average molecular weight is 324 g/mol. The van der Waals surface area contributed by atoms with Crippen LogP contribution in [0.25, 0.3) is 5.69 Å². The van der Waals surface area contributed by atoms with E-state index in [1.807, 2.05) is 0 Å². The zero-order chi connectivity index (χ0) is 14.8. The van der Waals surface area contributed by atoms with Crippen LogP contribution >= 0.6 is 23.2 Å². The summed E-state index contributed by atoms with van der Waals surface area (Å²) in [6.45, 7) is 0. The van der Waals surface area contributed by atoms with Crippen molar-refractivity contribution in [2.75, 3.05) is 5.88 Å². The Kier molecular flexibility index (Phi) is 4.55. The normalized spacial score (nSPS) is 11.8. The lowest BCUT2D eigenvalue weighted by molar-refractivity contribution is -0.137. The van der Waals surface area contributed by atoms with Gasteiger partial charge in [0.2, 0.25) is 0 Å². The molecule has 0 aliphatic rings. The Morgan fingerprint density at radius 2 is 1.95 bits per heavy atom. The smallest absolute Gasteiger partial charge is 0.220 e. The van der Waals surface area contributed by atoms with Gasteiger partial charge in [-0.3, -0.25) is 0 Å². The van der Waals surface area contributed by atoms with E-state index in [0.29, 0.717) is 18.0 Å². The number of aryl methyl sites for hydroxylation is 1. The second-order valence-electron chi connectivity index (χ2n) is 4.14. The van der Waals surface area contributed by atoms with E-state index in [2.05, 4.69) is 10.3 Å². The van der Waals surface area contributed by atoms with E-state index in [1.54, 1.807) is 6.20 Å². The van der Waals surface area contributed by atoms with Crippen LogP contribution < -0.4 is 0 Å². The van der Waals surface area contributed by atoms with Gasteiger partial charge in [-0.05, 0) is 31.0 Å². The van der Waals surface area contributed by atoms with Crippen LogP contribution in [0.4, 0.5) is 13.2 Å². The monoisotopic (exact) mass is 323 g/mol. The molecule has 0 unspecified atom stereocenters. The van der Waals surface area contributed by atoms with Gasteiger partial charge in [-0.2, -0.15) is 13.2 Å². The molecule has 0 radical (unpaired) electrons. The molecule has 0 bridgehead atoms. The summed E-state index contributed by atoms with van der Waals surface area (Å²) in [5.74, 6) is 0.488. The van der Waals surface area contributed by atoms with E-state index in [4.69, 9.17) is 23.2 Å². The maximum absolute atomic E-state index is 12.7. The summed E-state index contributed by atoms with van der Waals surface area (Å²) in [5, 5.41) is 7.68. The zero-order valence-corrected chi connectivity index (χ0v) is 11.7. The predicted octanol–water partition coefficient (Wildman–Crippen LogP) is 4.11. The Bertz CT molecular complexity index is 596. The van der Waals surface area contributed by atoms with Gasteiger partial charge in [0, 0.05) is 10.9 Å². The Hall–Kier alpha value is -1.27. The van der Waals surface area contributed by atoms with E-state index in [0.717, 1.165) is 18.6 Å².